The van der Waals surface area contributed by atoms with Crippen LogP contribution in [0.3, 0.4) is 0 Å². The van der Waals surface area contributed by atoms with E-state index >= 15 is 0 Å². The zero-order chi connectivity index (χ0) is 92.6. The smallest absolute Gasteiger partial charge is 0.420 e. The van der Waals surface area contributed by atoms with E-state index in [0.29, 0.717) is 118 Å². The van der Waals surface area contributed by atoms with Gasteiger partial charge in [-0.15, -0.1) is 0 Å². The second-order valence-corrected chi connectivity index (χ2v) is 24.3. The molecule has 0 saturated heterocycles. The summed E-state index contributed by atoms with van der Waals surface area (Å²) in [6, 6.07) is 40.8. The fourth-order valence-corrected chi connectivity index (χ4v) is 9.37. The third-order valence-electron chi connectivity index (χ3n) is 15.1. The summed E-state index contributed by atoms with van der Waals surface area (Å²) in [5, 5.41) is 27.8. The van der Waals surface area contributed by atoms with E-state index in [9.17, 15) is 62.9 Å². The number of aromatic hydroxyl groups is 3. The summed E-state index contributed by atoms with van der Waals surface area (Å²) in [7, 11) is 3.17. The van der Waals surface area contributed by atoms with Crippen molar-refractivity contribution < 1.29 is 163 Å². The highest BCUT2D eigenvalue weighted by atomic mass is 19.4. The topological polar surface area (TPSA) is 245 Å². The number of methoxy groups -OCH3 is 2. The lowest BCUT2D eigenvalue weighted by molar-refractivity contribution is -0.147. The standard InChI is InChI=1S/C14H22O4.C11H10F6O3.C11H10F6O2.C11H16O4.C11H16O3.C11H16O2.C10H14O3.C9H12O2/c1-5-15-11(3)17-13-9-7-8-10-14(13)18-12(4)16-6-2;1-2-19-5-20-9-4-6(10(12,13)14)8(18)3-7(9)11(15,16)17;1-2-18-6-19-9-7(10(12,13)14)4-3-5-8(9)11(15,16)17;1-4-14-8-15-11-9(12-2)6-5-7-10(11)13-3;1-4-13-7-14-11-6-8(2)10(12)5-9(11)3;1-4-12-8-13-11-9(2)6-5-7-10(11)3;1-3-12-8(2)13-10-7-5-4-6-9(10)11;1-2-10-8-11-9-6-4-3-5-7-9/h7-12H,5-6H2,1-4H3;3-4,18H,2,5H2,1H3;3-5H,2,6H2,1H3;5-7H,4,8H2,1-3H3;5-6,12H,4,7H2,1-3H3;5-7H,4,8H2,1-3H3;4-8,11H,3H2,1-2H3;3-7H,2,8H2,1H3. The number of phenols is 3. The van der Waals surface area contributed by atoms with Gasteiger partial charge in [-0.2, -0.15) is 52.7 Å². The lowest BCUT2D eigenvalue weighted by Gasteiger charge is -2.19. The highest BCUT2D eigenvalue weighted by Gasteiger charge is 2.43. The summed E-state index contributed by atoms with van der Waals surface area (Å²) >= 11 is 0. The zero-order valence-electron chi connectivity index (χ0n) is 72.4. The van der Waals surface area contributed by atoms with Crippen LogP contribution in [0.15, 0.2) is 158 Å². The van der Waals surface area contributed by atoms with Gasteiger partial charge in [0.2, 0.25) is 5.75 Å². The molecule has 0 saturated carbocycles. The highest BCUT2D eigenvalue weighted by Crippen LogP contribution is 2.47. The van der Waals surface area contributed by atoms with Gasteiger partial charge in [-0.05, 0) is 218 Å². The lowest BCUT2D eigenvalue weighted by Crippen LogP contribution is -2.19. The quantitative estimate of drug-likeness (QED) is 0.0185. The molecule has 0 aliphatic rings. The molecule has 0 amide bonds. The number of rotatable bonds is 38. The molecule has 23 nitrogen and oxygen atoms in total. The molecule has 3 unspecified atom stereocenters. The molecule has 8 rings (SSSR count). The molecule has 8 aromatic rings. The zero-order valence-corrected chi connectivity index (χ0v) is 72.4. The van der Waals surface area contributed by atoms with Crippen molar-refractivity contribution in [3.8, 4) is 80.5 Å². The predicted molar refractivity (Wildman–Crippen MR) is 436 cm³/mol. The molecule has 0 bridgehead atoms. The number of hydrogen-bond acceptors (Lipinski definition) is 23. The van der Waals surface area contributed by atoms with Gasteiger partial charge in [0.05, 0.1) is 25.3 Å². The van der Waals surface area contributed by atoms with Crippen LogP contribution in [0.2, 0.25) is 0 Å². The van der Waals surface area contributed by atoms with Crippen molar-refractivity contribution in [3.63, 3.8) is 0 Å². The van der Waals surface area contributed by atoms with E-state index in [1.165, 1.54) is 13.8 Å². The van der Waals surface area contributed by atoms with Crippen molar-refractivity contribution in [2.24, 2.45) is 0 Å². The number of benzene rings is 8. The molecule has 3 N–H and O–H groups in total. The second kappa shape index (κ2) is 61.1. The first-order valence-corrected chi connectivity index (χ1v) is 38.7. The van der Waals surface area contributed by atoms with Crippen molar-refractivity contribution in [1.29, 1.82) is 0 Å². The number of hydrogen-bond donors (Lipinski definition) is 3. The number of halogens is 12. The van der Waals surface area contributed by atoms with Crippen molar-refractivity contribution >= 4 is 0 Å². The molecule has 0 spiro atoms. The minimum atomic E-state index is -5.00. The van der Waals surface area contributed by atoms with Gasteiger partial charge in [-0.1, -0.05) is 72.8 Å². The summed E-state index contributed by atoms with van der Waals surface area (Å²) < 4.78 is 254. The van der Waals surface area contributed by atoms with Crippen LogP contribution < -0.4 is 52.1 Å². The van der Waals surface area contributed by atoms with E-state index < -0.39 is 77.8 Å². The van der Waals surface area contributed by atoms with Gasteiger partial charge in [0.1, 0.15) is 51.4 Å². The van der Waals surface area contributed by atoms with Crippen molar-refractivity contribution in [2.45, 2.75) is 154 Å². The summed E-state index contributed by atoms with van der Waals surface area (Å²) in [4.78, 5) is 0. The molecule has 3 atom stereocenters. The Balaban J connectivity index is 0.000000707. The molecule has 0 fully saturated rings. The first-order chi connectivity index (χ1) is 58.3. The van der Waals surface area contributed by atoms with E-state index in [-0.39, 0.29) is 63.6 Å². The minimum absolute atomic E-state index is 0.0237. The average Bonchev–Trinajstić information content (AvgIpc) is 0.791. The van der Waals surface area contributed by atoms with Crippen LogP contribution in [0.25, 0.3) is 0 Å². The van der Waals surface area contributed by atoms with Crippen molar-refractivity contribution in [1.82, 2.24) is 0 Å². The SMILES string of the molecule is CCOC(C)Oc1ccccc1O.CCOC(C)Oc1ccccc1OC(C)OCC.CCOCOc1c(C(F)(F)F)cccc1C(F)(F)F.CCOCOc1c(C)cccc1C.CCOCOc1c(OC)cccc1OC.CCOCOc1cc(C(F)(F)F)c(O)cc1C(F)(F)F.CCOCOc1cc(C)c(O)cc1C.CCOCOc1ccccc1. The third-order valence-corrected chi connectivity index (χ3v) is 15.1. The Kier molecular flexibility index (Phi) is 55.1. The van der Waals surface area contributed by atoms with Crippen molar-refractivity contribution in [3.05, 3.63) is 202 Å². The van der Waals surface area contributed by atoms with Crippen LogP contribution >= 0.6 is 0 Å². The van der Waals surface area contributed by atoms with Crippen LogP contribution in [-0.4, -0.2) is 149 Å². The molecule has 123 heavy (non-hydrogen) atoms. The molecule has 0 heterocycles. The monoisotopic (exact) mass is 1770 g/mol. The van der Waals surface area contributed by atoms with Gasteiger partial charge < -0.3 is 110 Å². The first-order valence-electron chi connectivity index (χ1n) is 38.7. The molecule has 0 aliphatic carbocycles. The van der Waals surface area contributed by atoms with Crippen LogP contribution in [0.1, 0.15) is 128 Å². The Bertz CT molecular complexity index is 4010. The molecule has 690 valence electrons. The van der Waals surface area contributed by atoms with Gasteiger partial charge in [0.25, 0.3) is 0 Å². The molecule has 0 aliphatic heterocycles. The van der Waals surface area contributed by atoms with Crippen LogP contribution in [0.4, 0.5) is 52.7 Å². The minimum Gasteiger partial charge on any atom is -0.508 e. The lowest BCUT2D eigenvalue weighted by atomic mass is 10.1. The number of para-hydroxylation sites is 8. The molecule has 0 radical (unpaired) electrons. The van der Waals surface area contributed by atoms with E-state index in [0.717, 1.165) is 39.5 Å². The van der Waals surface area contributed by atoms with Crippen molar-refractivity contribution in [2.75, 3.05) is 114 Å². The fraction of sp³-hybridized carbons (Fsp3) is 0.455. The van der Waals surface area contributed by atoms with E-state index in [4.69, 9.17) is 80.9 Å². The van der Waals surface area contributed by atoms with Crippen LogP contribution in [-0.2, 0) is 67.3 Å². The Morgan fingerprint density at radius 2 is 0.610 bits per heavy atom. The Labute approximate surface area is 711 Å². The number of ether oxygens (including phenoxy) is 20. The van der Waals surface area contributed by atoms with Gasteiger partial charge in [0, 0.05) is 59.5 Å². The molecule has 35 heteroatoms. The third kappa shape index (κ3) is 45.1. The maximum absolute atomic E-state index is 12.7. The molecule has 0 aromatic heterocycles. The first kappa shape index (κ1) is 111. The number of phenolic OH excluding ortho intramolecular Hbond substituents is 3. The normalized spacial score (nSPS) is 11.6. The van der Waals surface area contributed by atoms with Crippen LogP contribution in [0, 0.1) is 27.7 Å². The van der Waals surface area contributed by atoms with Crippen LogP contribution in [0.5, 0.6) is 80.5 Å². The summed E-state index contributed by atoms with van der Waals surface area (Å²) in [6.07, 6.45) is -20.8. The summed E-state index contributed by atoms with van der Waals surface area (Å²) in [5.41, 5.74) is -2.07. The predicted octanol–water partition coefficient (Wildman–Crippen LogP) is 22.5. The second-order valence-electron chi connectivity index (χ2n) is 24.3. The maximum atomic E-state index is 12.7. The van der Waals surface area contributed by atoms with E-state index in [2.05, 4.69) is 18.9 Å². The number of alkyl halides is 12. The van der Waals surface area contributed by atoms with Gasteiger partial charge in [-0.25, -0.2) is 0 Å². The molecule has 8 aromatic carbocycles. The van der Waals surface area contributed by atoms with E-state index in [1.54, 1.807) is 51.5 Å². The molecular formula is C88H116F12O23. The van der Waals surface area contributed by atoms with Gasteiger partial charge in [0.15, 0.2) is 94.1 Å². The fourth-order valence-electron chi connectivity index (χ4n) is 9.37. The van der Waals surface area contributed by atoms with E-state index in [1.807, 2.05) is 187 Å². The summed E-state index contributed by atoms with van der Waals surface area (Å²) in [5.74, 6) is 2.73. The highest BCUT2D eigenvalue weighted by molar-refractivity contribution is 5.52. The van der Waals surface area contributed by atoms with Gasteiger partial charge >= 0.3 is 24.7 Å². The Hall–Kier alpha value is -10.2. The number of aryl methyl sites for hydroxylation is 4. The maximum Gasteiger partial charge on any atom is 0.420 e. The largest absolute Gasteiger partial charge is 0.508 e. The Morgan fingerprint density at radius 1 is 0.268 bits per heavy atom. The average molecular weight is 1770 g/mol. The summed E-state index contributed by atoms with van der Waals surface area (Å²) in [6.45, 7) is 34.3. The Morgan fingerprint density at radius 3 is 1.01 bits per heavy atom. The van der Waals surface area contributed by atoms with Gasteiger partial charge in [-0.3, -0.25) is 0 Å². The molecular weight excluding hydrogens is 1650 g/mol.